The summed E-state index contributed by atoms with van der Waals surface area (Å²) in [5, 5.41) is 3.23. The molecule has 0 spiro atoms. The molecule has 1 fully saturated rings. The van der Waals surface area contributed by atoms with E-state index in [4.69, 9.17) is 0 Å². The van der Waals surface area contributed by atoms with Crippen molar-refractivity contribution in [2.75, 3.05) is 11.5 Å². The van der Waals surface area contributed by atoms with Crippen molar-refractivity contribution >= 4 is 27.5 Å². The highest BCUT2D eigenvalue weighted by molar-refractivity contribution is 8.02. The monoisotopic (exact) mass is 401 g/mol. The van der Waals surface area contributed by atoms with Gasteiger partial charge in [0.1, 0.15) is 0 Å². The number of benzene rings is 2. The van der Waals surface area contributed by atoms with E-state index in [1.807, 2.05) is 36.4 Å². The molecule has 4 rings (SSSR count). The number of hydrogen-bond donors (Lipinski definition) is 1. The summed E-state index contributed by atoms with van der Waals surface area (Å²) in [5.74, 6) is 0.363. The van der Waals surface area contributed by atoms with Gasteiger partial charge >= 0.3 is 0 Å². The Hall–Kier alpha value is -1.79. The van der Waals surface area contributed by atoms with Gasteiger partial charge in [-0.25, -0.2) is 8.42 Å². The molecule has 0 saturated carbocycles. The Bertz CT molecular complexity index is 955. The molecule has 1 N–H and O–H groups in total. The number of rotatable bonds is 4. The fourth-order valence-corrected chi connectivity index (χ4v) is 7.56. The minimum absolute atomic E-state index is 0.0272. The molecule has 2 aromatic carbocycles. The van der Waals surface area contributed by atoms with E-state index in [0.29, 0.717) is 12.0 Å². The molecular weight excluding hydrogens is 378 g/mol. The molecule has 1 saturated heterocycles. The Kier molecular flexibility index (Phi) is 5.28. The normalized spacial score (nSPS) is 23.6. The number of fused-ring (bicyclic) bond motifs is 1. The molecule has 0 radical (unpaired) electrons. The van der Waals surface area contributed by atoms with Crippen LogP contribution in [0.5, 0.6) is 0 Å². The highest BCUT2D eigenvalue weighted by Crippen LogP contribution is 2.34. The second kappa shape index (κ2) is 7.68. The largest absolute Gasteiger partial charge is 0.345 e. The van der Waals surface area contributed by atoms with Gasteiger partial charge in [0, 0.05) is 10.1 Å². The van der Waals surface area contributed by atoms with Crippen LogP contribution in [-0.2, 0) is 16.3 Å². The average Bonchev–Trinajstić information content (AvgIpc) is 3.01. The summed E-state index contributed by atoms with van der Waals surface area (Å²) >= 11 is 1.52. The number of hydrogen-bond acceptors (Lipinski definition) is 4. The molecule has 142 valence electrons. The first kappa shape index (κ1) is 18.6. The van der Waals surface area contributed by atoms with Crippen LogP contribution >= 0.6 is 11.8 Å². The molecule has 2 aromatic rings. The average molecular weight is 402 g/mol. The summed E-state index contributed by atoms with van der Waals surface area (Å²) in [7, 11) is -2.93. The molecule has 4 nitrogen and oxygen atoms in total. The predicted octanol–water partition coefficient (Wildman–Crippen LogP) is 3.77. The van der Waals surface area contributed by atoms with Crippen LogP contribution in [0.1, 0.15) is 46.8 Å². The van der Waals surface area contributed by atoms with E-state index >= 15 is 0 Å². The second-order valence-electron chi connectivity index (χ2n) is 7.26. The number of amides is 1. The SMILES string of the molecule is O=C(N[C@H]1CCCc2ccccc21)c1ccccc1S[C@H]1CCS(=O)(=O)C1. The first-order valence-electron chi connectivity index (χ1n) is 9.36. The minimum Gasteiger partial charge on any atom is -0.345 e. The molecule has 6 heteroatoms. The van der Waals surface area contributed by atoms with Crippen LogP contribution in [0.3, 0.4) is 0 Å². The molecule has 0 unspecified atom stereocenters. The molecule has 2 aliphatic rings. The summed E-state index contributed by atoms with van der Waals surface area (Å²) in [6.07, 6.45) is 3.72. The number of nitrogens with one attached hydrogen (secondary N) is 1. The molecule has 1 aliphatic heterocycles. The van der Waals surface area contributed by atoms with E-state index in [2.05, 4.69) is 17.4 Å². The van der Waals surface area contributed by atoms with Crippen LogP contribution in [0.25, 0.3) is 0 Å². The molecule has 1 heterocycles. The fourth-order valence-electron chi connectivity index (χ4n) is 3.93. The van der Waals surface area contributed by atoms with Gasteiger partial charge in [0.05, 0.1) is 23.1 Å². The first-order valence-corrected chi connectivity index (χ1v) is 12.1. The van der Waals surface area contributed by atoms with Crippen LogP contribution in [0.2, 0.25) is 0 Å². The number of carbonyl (C=O) groups is 1. The quantitative estimate of drug-likeness (QED) is 0.847. The van der Waals surface area contributed by atoms with Gasteiger partial charge in [-0.05, 0) is 48.9 Å². The summed E-state index contributed by atoms with van der Waals surface area (Å²) in [4.78, 5) is 13.9. The van der Waals surface area contributed by atoms with Gasteiger partial charge in [-0.1, -0.05) is 36.4 Å². The zero-order valence-electron chi connectivity index (χ0n) is 15.1. The number of aryl methyl sites for hydroxylation is 1. The van der Waals surface area contributed by atoms with Crippen LogP contribution in [0.15, 0.2) is 53.4 Å². The van der Waals surface area contributed by atoms with Crippen molar-refractivity contribution < 1.29 is 13.2 Å². The van der Waals surface area contributed by atoms with Crippen LogP contribution in [0.4, 0.5) is 0 Å². The van der Waals surface area contributed by atoms with Crippen molar-refractivity contribution in [3.63, 3.8) is 0 Å². The molecule has 1 amide bonds. The Morgan fingerprint density at radius 2 is 1.81 bits per heavy atom. The molecular formula is C21H23NO3S2. The van der Waals surface area contributed by atoms with E-state index < -0.39 is 9.84 Å². The van der Waals surface area contributed by atoms with Crippen molar-refractivity contribution in [2.24, 2.45) is 0 Å². The molecule has 2 atom stereocenters. The van der Waals surface area contributed by atoms with Gasteiger partial charge in [-0.3, -0.25) is 4.79 Å². The molecule has 1 aliphatic carbocycles. The second-order valence-corrected chi connectivity index (χ2v) is 10.8. The van der Waals surface area contributed by atoms with E-state index in [-0.39, 0.29) is 28.7 Å². The maximum atomic E-state index is 13.0. The van der Waals surface area contributed by atoms with E-state index in [9.17, 15) is 13.2 Å². The van der Waals surface area contributed by atoms with Crippen LogP contribution in [0, 0.1) is 0 Å². The predicted molar refractivity (Wildman–Crippen MR) is 109 cm³/mol. The van der Waals surface area contributed by atoms with E-state index in [1.54, 1.807) is 0 Å². The summed E-state index contributed by atoms with van der Waals surface area (Å²) < 4.78 is 23.5. The topological polar surface area (TPSA) is 63.2 Å². The van der Waals surface area contributed by atoms with Crippen molar-refractivity contribution in [1.82, 2.24) is 5.32 Å². The van der Waals surface area contributed by atoms with Crippen LogP contribution < -0.4 is 5.32 Å². The first-order chi connectivity index (χ1) is 13.0. The fraction of sp³-hybridized carbons (Fsp3) is 0.381. The van der Waals surface area contributed by atoms with Crippen LogP contribution in [-0.4, -0.2) is 31.1 Å². The van der Waals surface area contributed by atoms with Gasteiger partial charge in [-0.2, -0.15) is 0 Å². The van der Waals surface area contributed by atoms with Crippen molar-refractivity contribution in [3.05, 3.63) is 65.2 Å². The summed E-state index contributed by atoms with van der Waals surface area (Å²) in [6.45, 7) is 0. The zero-order valence-corrected chi connectivity index (χ0v) is 16.7. The van der Waals surface area contributed by atoms with Crippen molar-refractivity contribution in [2.45, 2.75) is 41.9 Å². The zero-order chi connectivity index (χ0) is 18.9. The lowest BCUT2D eigenvalue weighted by Gasteiger charge is -2.26. The van der Waals surface area contributed by atoms with E-state index in [1.165, 1.54) is 22.9 Å². The third-order valence-electron chi connectivity index (χ3n) is 5.29. The van der Waals surface area contributed by atoms with Crippen molar-refractivity contribution in [3.8, 4) is 0 Å². The Morgan fingerprint density at radius 1 is 1.04 bits per heavy atom. The molecule has 27 heavy (non-hydrogen) atoms. The Morgan fingerprint density at radius 3 is 2.63 bits per heavy atom. The maximum Gasteiger partial charge on any atom is 0.252 e. The summed E-state index contributed by atoms with van der Waals surface area (Å²) in [6, 6.07) is 15.8. The lowest BCUT2D eigenvalue weighted by Crippen LogP contribution is -2.31. The van der Waals surface area contributed by atoms with E-state index in [0.717, 1.165) is 24.2 Å². The van der Waals surface area contributed by atoms with Crippen molar-refractivity contribution in [1.29, 1.82) is 0 Å². The highest BCUT2D eigenvalue weighted by atomic mass is 32.2. The smallest absolute Gasteiger partial charge is 0.252 e. The summed E-state index contributed by atoms with van der Waals surface area (Å²) in [5.41, 5.74) is 3.16. The molecule has 0 aromatic heterocycles. The Balaban J connectivity index is 1.52. The third kappa shape index (κ3) is 4.22. The highest BCUT2D eigenvalue weighted by Gasteiger charge is 2.30. The standard InChI is InChI=1S/C21H23NO3S2/c23-21(22-19-10-5-7-15-6-1-2-8-17(15)19)18-9-3-4-11-20(18)26-16-12-13-27(24,25)14-16/h1-4,6,8-9,11,16,19H,5,7,10,12-14H2,(H,22,23)/t16-,19-/m0/s1. The Labute approximate surface area is 164 Å². The number of sulfone groups is 1. The third-order valence-corrected chi connectivity index (χ3v) is 8.62. The van der Waals surface area contributed by atoms with Gasteiger partial charge in [0.15, 0.2) is 9.84 Å². The maximum absolute atomic E-state index is 13.0. The lowest BCUT2D eigenvalue weighted by molar-refractivity contribution is 0.0930. The minimum atomic E-state index is -2.93. The van der Waals surface area contributed by atoms with Gasteiger partial charge in [0.2, 0.25) is 0 Å². The molecule has 0 bridgehead atoms. The number of thioether (sulfide) groups is 1. The van der Waals surface area contributed by atoms with Gasteiger partial charge in [0.25, 0.3) is 5.91 Å². The number of carbonyl (C=O) groups excluding carboxylic acids is 1. The van der Waals surface area contributed by atoms with Gasteiger partial charge in [-0.15, -0.1) is 11.8 Å². The lowest BCUT2D eigenvalue weighted by atomic mass is 9.87. The van der Waals surface area contributed by atoms with Gasteiger partial charge < -0.3 is 5.32 Å².